The predicted octanol–water partition coefficient (Wildman–Crippen LogP) is 5.49. The molecule has 0 N–H and O–H groups in total. The summed E-state index contributed by atoms with van der Waals surface area (Å²) in [5.74, 6) is -1.52. The Labute approximate surface area is 108 Å². The van der Waals surface area contributed by atoms with Gasteiger partial charge in [-0.25, -0.2) is 8.78 Å². The van der Waals surface area contributed by atoms with Crippen LogP contribution in [0.4, 0.5) is 8.78 Å². The van der Waals surface area contributed by atoms with Gasteiger partial charge in [-0.2, -0.15) is 0 Å². The molecular formula is C16H22F2. The van der Waals surface area contributed by atoms with Gasteiger partial charge in [0.15, 0.2) is 0 Å². The summed E-state index contributed by atoms with van der Waals surface area (Å²) in [5.41, 5.74) is 2.58. The van der Waals surface area contributed by atoms with Crippen molar-refractivity contribution in [2.75, 3.05) is 0 Å². The van der Waals surface area contributed by atoms with E-state index < -0.39 is 5.92 Å². The minimum absolute atomic E-state index is 0.0464. The third-order valence-corrected chi connectivity index (χ3v) is 4.31. The number of hydrogen-bond acceptors (Lipinski definition) is 0. The first-order valence-corrected chi connectivity index (χ1v) is 6.99. The molecule has 0 bridgehead atoms. The Morgan fingerprint density at radius 3 is 2.22 bits per heavy atom. The zero-order chi connectivity index (χ0) is 13.2. The van der Waals surface area contributed by atoms with Crippen LogP contribution < -0.4 is 0 Å². The fourth-order valence-electron chi connectivity index (χ4n) is 2.71. The fraction of sp³-hybridized carbons (Fsp3) is 0.625. The van der Waals surface area contributed by atoms with E-state index in [0.717, 1.165) is 6.42 Å². The molecule has 2 rings (SSSR count). The summed E-state index contributed by atoms with van der Waals surface area (Å²) in [4.78, 5) is 0. The molecule has 100 valence electrons. The van der Waals surface area contributed by atoms with E-state index in [9.17, 15) is 8.78 Å². The first-order chi connectivity index (χ1) is 8.52. The second kappa shape index (κ2) is 5.38. The van der Waals surface area contributed by atoms with E-state index in [0.29, 0.717) is 24.7 Å². The fourth-order valence-corrected chi connectivity index (χ4v) is 2.71. The van der Waals surface area contributed by atoms with Crippen molar-refractivity contribution in [2.45, 2.75) is 63.7 Å². The molecule has 0 amide bonds. The van der Waals surface area contributed by atoms with Gasteiger partial charge in [0.1, 0.15) is 0 Å². The van der Waals surface area contributed by atoms with Crippen LogP contribution in [0.2, 0.25) is 0 Å². The van der Waals surface area contributed by atoms with Gasteiger partial charge in [0.2, 0.25) is 5.92 Å². The SMILES string of the molecule is CCC(C)c1ccc(C2CCC(F)(F)CC2)cc1. The van der Waals surface area contributed by atoms with E-state index in [1.807, 2.05) is 0 Å². The highest BCUT2D eigenvalue weighted by Gasteiger charge is 2.35. The molecule has 1 saturated carbocycles. The smallest absolute Gasteiger partial charge is 0.207 e. The summed E-state index contributed by atoms with van der Waals surface area (Å²) in [6.45, 7) is 4.40. The summed E-state index contributed by atoms with van der Waals surface area (Å²) >= 11 is 0. The Morgan fingerprint density at radius 2 is 1.72 bits per heavy atom. The number of benzene rings is 1. The average Bonchev–Trinajstić information content (AvgIpc) is 2.38. The molecule has 0 heterocycles. The van der Waals surface area contributed by atoms with Crippen molar-refractivity contribution in [3.63, 3.8) is 0 Å². The first kappa shape index (κ1) is 13.5. The van der Waals surface area contributed by atoms with Crippen LogP contribution in [0, 0.1) is 0 Å². The Morgan fingerprint density at radius 1 is 1.17 bits per heavy atom. The van der Waals surface area contributed by atoms with Crippen molar-refractivity contribution >= 4 is 0 Å². The van der Waals surface area contributed by atoms with Crippen molar-refractivity contribution in [3.8, 4) is 0 Å². The quantitative estimate of drug-likeness (QED) is 0.667. The Kier molecular flexibility index (Phi) is 4.04. The van der Waals surface area contributed by atoms with E-state index >= 15 is 0 Å². The summed E-state index contributed by atoms with van der Waals surface area (Å²) in [6, 6.07) is 8.59. The summed E-state index contributed by atoms with van der Waals surface area (Å²) in [6.07, 6.45) is 2.47. The third kappa shape index (κ3) is 3.09. The van der Waals surface area contributed by atoms with Crippen molar-refractivity contribution < 1.29 is 8.78 Å². The van der Waals surface area contributed by atoms with Crippen LogP contribution in [0.1, 0.15) is 68.9 Å². The lowest BCUT2D eigenvalue weighted by Gasteiger charge is -2.28. The first-order valence-electron chi connectivity index (χ1n) is 6.99. The van der Waals surface area contributed by atoms with Crippen LogP contribution in [0.15, 0.2) is 24.3 Å². The maximum absolute atomic E-state index is 13.1. The van der Waals surface area contributed by atoms with Gasteiger partial charge in [-0.15, -0.1) is 0 Å². The van der Waals surface area contributed by atoms with Crippen LogP contribution in [0.3, 0.4) is 0 Å². The van der Waals surface area contributed by atoms with E-state index in [4.69, 9.17) is 0 Å². The van der Waals surface area contributed by atoms with Crippen molar-refractivity contribution in [1.82, 2.24) is 0 Å². The molecule has 1 fully saturated rings. The normalized spacial score (nSPS) is 21.8. The molecule has 1 aromatic carbocycles. The molecule has 1 unspecified atom stereocenters. The molecule has 0 radical (unpaired) electrons. The number of halogens is 2. The Balaban J connectivity index is 2.02. The topological polar surface area (TPSA) is 0 Å². The van der Waals surface area contributed by atoms with E-state index in [1.54, 1.807) is 0 Å². The Bertz CT molecular complexity index is 371. The molecule has 1 aliphatic carbocycles. The van der Waals surface area contributed by atoms with Crippen LogP contribution in [0.25, 0.3) is 0 Å². The minimum Gasteiger partial charge on any atom is -0.207 e. The van der Waals surface area contributed by atoms with Crippen LogP contribution in [0.5, 0.6) is 0 Å². The number of hydrogen-bond donors (Lipinski definition) is 0. The standard InChI is InChI=1S/C16H22F2/c1-3-12(2)13-4-6-14(7-5-13)15-8-10-16(17,18)11-9-15/h4-7,12,15H,3,8-11H2,1-2H3. The largest absolute Gasteiger partial charge is 0.248 e. The molecule has 0 aromatic heterocycles. The van der Waals surface area contributed by atoms with E-state index in [2.05, 4.69) is 38.1 Å². The highest BCUT2D eigenvalue weighted by Crippen LogP contribution is 2.41. The minimum atomic E-state index is -2.42. The van der Waals surface area contributed by atoms with Crippen LogP contribution in [-0.4, -0.2) is 5.92 Å². The lowest BCUT2D eigenvalue weighted by Crippen LogP contribution is -2.23. The van der Waals surface area contributed by atoms with Crippen LogP contribution in [-0.2, 0) is 0 Å². The van der Waals surface area contributed by atoms with Gasteiger partial charge in [-0.05, 0) is 42.2 Å². The molecule has 0 saturated heterocycles. The van der Waals surface area contributed by atoms with Crippen LogP contribution >= 0.6 is 0 Å². The molecule has 0 aliphatic heterocycles. The zero-order valence-electron chi connectivity index (χ0n) is 11.3. The zero-order valence-corrected chi connectivity index (χ0v) is 11.3. The predicted molar refractivity (Wildman–Crippen MR) is 71.3 cm³/mol. The maximum atomic E-state index is 13.1. The van der Waals surface area contributed by atoms with Gasteiger partial charge in [0.25, 0.3) is 0 Å². The van der Waals surface area contributed by atoms with Crippen molar-refractivity contribution in [2.24, 2.45) is 0 Å². The highest BCUT2D eigenvalue weighted by molar-refractivity contribution is 5.27. The van der Waals surface area contributed by atoms with Gasteiger partial charge in [0.05, 0.1) is 0 Å². The average molecular weight is 252 g/mol. The highest BCUT2D eigenvalue weighted by atomic mass is 19.3. The molecule has 0 nitrogen and oxygen atoms in total. The lowest BCUT2D eigenvalue weighted by molar-refractivity contribution is -0.0382. The summed E-state index contributed by atoms with van der Waals surface area (Å²) in [7, 11) is 0. The van der Waals surface area contributed by atoms with E-state index in [-0.39, 0.29) is 12.8 Å². The molecule has 2 heteroatoms. The molecule has 1 atom stereocenters. The van der Waals surface area contributed by atoms with Gasteiger partial charge in [0, 0.05) is 12.8 Å². The lowest BCUT2D eigenvalue weighted by atomic mass is 9.81. The number of rotatable bonds is 3. The van der Waals surface area contributed by atoms with Gasteiger partial charge in [-0.1, -0.05) is 38.1 Å². The molecular weight excluding hydrogens is 230 g/mol. The Hall–Kier alpha value is -0.920. The second-order valence-corrected chi connectivity index (χ2v) is 5.61. The molecule has 18 heavy (non-hydrogen) atoms. The van der Waals surface area contributed by atoms with Gasteiger partial charge < -0.3 is 0 Å². The number of alkyl halides is 2. The molecule has 1 aromatic rings. The third-order valence-electron chi connectivity index (χ3n) is 4.31. The van der Waals surface area contributed by atoms with Gasteiger partial charge >= 0.3 is 0 Å². The second-order valence-electron chi connectivity index (χ2n) is 5.61. The van der Waals surface area contributed by atoms with E-state index in [1.165, 1.54) is 11.1 Å². The van der Waals surface area contributed by atoms with Gasteiger partial charge in [-0.3, -0.25) is 0 Å². The summed E-state index contributed by atoms with van der Waals surface area (Å²) in [5, 5.41) is 0. The van der Waals surface area contributed by atoms with Crippen molar-refractivity contribution in [3.05, 3.63) is 35.4 Å². The maximum Gasteiger partial charge on any atom is 0.248 e. The molecule has 0 spiro atoms. The molecule has 1 aliphatic rings. The monoisotopic (exact) mass is 252 g/mol. The van der Waals surface area contributed by atoms with Crippen molar-refractivity contribution in [1.29, 1.82) is 0 Å². The summed E-state index contributed by atoms with van der Waals surface area (Å²) < 4.78 is 26.2.